The Morgan fingerprint density at radius 1 is 1.07 bits per heavy atom. The predicted molar refractivity (Wildman–Crippen MR) is 110 cm³/mol. The van der Waals surface area contributed by atoms with Gasteiger partial charge in [0.05, 0.1) is 21.8 Å². The second-order valence-corrected chi connectivity index (χ2v) is 9.19. The molecule has 5 rings (SSSR count). The summed E-state index contributed by atoms with van der Waals surface area (Å²) in [4.78, 5) is 20.0. The third kappa shape index (κ3) is 3.60. The van der Waals surface area contributed by atoms with Gasteiger partial charge < -0.3 is 4.90 Å². The summed E-state index contributed by atoms with van der Waals surface area (Å²) in [7, 11) is 0. The van der Waals surface area contributed by atoms with Crippen molar-refractivity contribution >= 4 is 27.5 Å². The number of hydrogen-bond donors (Lipinski definition) is 0. The van der Waals surface area contributed by atoms with Crippen LogP contribution in [0.15, 0.2) is 48.5 Å². The van der Waals surface area contributed by atoms with Gasteiger partial charge >= 0.3 is 6.18 Å². The molecule has 0 radical (unpaired) electrons. The maximum Gasteiger partial charge on any atom is 0.416 e. The van der Waals surface area contributed by atoms with Gasteiger partial charge in [0.15, 0.2) is 0 Å². The normalized spacial score (nSPS) is 24.2. The molecular weight excluding hydrogens is 409 g/mol. The van der Waals surface area contributed by atoms with Crippen molar-refractivity contribution in [1.82, 2.24) is 9.88 Å². The molecule has 2 aliphatic rings. The van der Waals surface area contributed by atoms with Gasteiger partial charge in [0.1, 0.15) is 5.01 Å². The van der Waals surface area contributed by atoms with Crippen molar-refractivity contribution in [2.24, 2.45) is 5.92 Å². The number of para-hydroxylation sites is 1. The molecule has 1 saturated heterocycles. The van der Waals surface area contributed by atoms with Crippen molar-refractivity contribution in [3.8, 4) is 0 Å². The van der Waals surface area contributed by atoms with Crippen LogP contribution in [0.1, 0.15) is 53.8 Å². The highest BCUT2D eigenvalue weighted by atomic mass is 32.1. The van der Waals surface area contributed by atoms with E-state index in [2.05, 4.69) is 0 Å². The molecule has 3 atom stereocenters. The third-order valence-corrected chi connectivity index (χ3v) is 7.29. The van der Waals surface area contributed by atoms with Gasteiger partial charge in [-0.05, 0) is 61.4 Å². The molecule has 2 fully saturated rings. The van der Waals surface area contributed by atoms with Crippen LogP contribution in [0.25, 0.3) is 10.2 Å². The van der Waals surface area contributed by atoms with E-state index in [-0.39, 0.29) is 23.8 Å². The summed E-state index contributed by atoms with van der Waals surface area (Å²) in [6.07, 6.45) is -0.686. The Balaban J connectivity index is 1.33. The first-order valence-electron chi connectivity index (χ1n) is 10.2. The number of alkyl halides is 3. The van der Waals surface area contributed by atoms with Gasteiger partial charge in [-0.1, -0.05) is 24.3 Å². The number of fused-ring (bicyclic) bond motifs is 1. The maximum absolute atomic E-state index is 13.3. The SMILES string of the molecule is O=C(C1CC1c1ccc(C(F)(F)F)cc1)N1CCCCC1c1nc2ccccc2s1. The second kappa shape index (κ2) is 7.38. The van der Waals surface area contributed by atoms with E-state index in [0.29, 0.717) is 6.42 Å². The second-order valence-electron chi connectivity index (χ2n) is 8.13. The fourth-order valence-corrected chi connectivity index (χ4v) is 5.57. The molecule has 2 heterocycles. The van der Waals surface area contributed by atoms with Crippen molar-refractivity contribution in [1.29, 1.82) is 0 Å². The number of carbonyl (C=O) groups excluding carboxylic acids is 1. The topological polar surface area (TPSA) is 33.2 Å². The van der Waals surface area contributed by atoms with Gasteiger partial charge in [0, 0.05) is 12.5 Å². The lowest BCUT2D eigenvalue weighted by molar-refractivity contribution is -0.138. The Morgan fingerprint density at radius 3 is 2.57 bits per heavy atom. The molecule has 1 amide bonds. The summed E-state index contributed by atoms with van der Waals surface area (Å²) in [5, 5.41) is 0.982. The molecule has 3 unspecified atom stereocenters. The summed E-state index contributed by atoms with van der Waals surface area (Å²) < 4.78 is 39.5. The monoisotopic (exact) mass is 430 g/mol. The first-order valence-corrected chi connectivity index (χ1v) is 11.1. The Kier molecular flexibility index (Phi) is 4.81. The van der Waals surface area contributed by atoms with E-state index in [9.17, 15) is 18.0 Å². The third-order valence-electron chi connectivity index (χ3n) is 6.16. The molecule has 0 N–H and O–H groups in total. The summed E-state index contributed by atoms with van der Waals surface area (Å²) in [5.74, 6) is -0.0155. The molecular formula is C23H21F3N2OS. The number of nitrogens with zero attached hydrogens (tertiary/aromatic N) is 2. The number of piperidine rings is 1. The van der Waals surface area contributed by atoms with Crippen LogP contribution in [0.5, 0.6) is 0 Å². The van der Waals surface area contributed by atoms with Crippen LogP contribution < -0.4 is 0 Å². The lowest BCUT2D eigenvalue weighted by Gasteiger charge is -2.35. The van der Waals surface area contributed by atoms with Gasteiger partial charge in [-0.15, -0.1) is 11.3 Å². The molecule has 2 aromatic carbocycles. The van der Waals surface area contributed by atoms with Gasteiger partial charge in [-0.25, -0.2) is 4.98 Å². The Labute approximate surface area is 176 Å². The minimum absolute atomic E-state index is 0.00231. The number of carbonyl (C=O) groups is 1. The van der Waals surface area contributed by atoms with Crippen LogP contribution in [0, 0.1) is 5.92 Å². The van der Waals surface area contributed by atoms with Crippen LogP contribution in [0.2, 0.25) is 0 Å². The molecule has 0 bridgehead atoms. The zero-order valence-electron chi connectivity index (χ0n) is 16.2. The fourth-order valence-electron chi connectivity index (χ4n) is 4.45. The summed E-state index contributed by atoms with van der Waals surface area (Å²) in [6, 6.07) is 13.3. The summed E-state index contributed by atoms with van der Waals surface area (Å²) in [5.41, 5.74) is 1.13. The Bertz CT molecular complexity index is 1040. The van der Waals surface area contributed by atoms with Crippen LogP contribution >= 0.6 is 11.3 Å². The Morgan fingerprint density at radius 2 is 1.83 bits per heavy atom. The number of rotatable bonds is 3. The van der Waals surface area contributed by atoms with Gasteiger partial charge in [0.25, 0.3) is 0 Å². The highest BCUT2D eigenvalue weighted by Crippen LogP contribution is 2.50. The van der Waals surface area contributed by atoms with Crippen molar-refractivity contribution in [3.05, 3.63) is 64.7 Å². The molecule has 7 heteroatoms. The zero-order valence-corrected chi connectivity index (χ0v) is 17.0. The highest BCUT2D eigenvalue weighted by molar-refractivity contribution is 7.18. The molecule has 0 spiro atoms. The summed E-state index contributed by atoms with van der Waals surface area (Å²) >= 11 is 1.65. The van der Waals surface area contributed by atoms with E-state index in [1.54, 1.807) is 11.3 Å². The highest BCUT2D eigenvalue weighted by Gasteiger charge is 2.47. The van der Waals surface area contributed by atoms with E-state index in [0.717, 1.165) is 58.7 Å². The van der Waals surface area contributed by atoms with Gasteiger partial charge in [0.2, 0.25) is 5.91 Å². The van der Waals surface area contributed by atoms with Crippen LogP contribution in [0.3, 0.4) is 0 Å². The number of likely N-dealkylation sites (tertiary alicyclic amines) is 1. The lowest BCUT2D eigenvalue weighted by Crippen LogP contribution is -2.39. The number of amides is 1. The standard InChI is InChI=1S/C23H21F3N2OS/c24-23(25,26)15-10-8-14(9-11-15)16-13-17(16)22(29)28-12-4-3-6-19(28)21-27-18-5-1-2-7-20(18)30-21/h1-2,5,7-11,16-17,19H,3-4,6,12-13H2. The number of benzene rings is 2. The molecule has 1 aliphatic heterocycles. The molecule has 1 aliphatic carbocycles. The average molecular weight is 430 g/mol. The quantitative estimate of drug-likeness (QED) is 0.498. The number of thiazole rings is 1. The lowest BCUT2D eigenvalue weighted by atomic mass is 10.0. The number of halogens is 3. The van der Waals surface area contributed by atoms with E-state index in [1.165, 1.54) is 12.1 Å². The molecule has 3 aromatic rings. The maximum atomic E-state index is 13.3. The first-order chi connectivity index (χ1) is 14.4. The van der Waals surface area contributed by atoms with Crippen LogP contribution in [-0.4, -0.2) is 22.3 Å². The minimum Gasteiger partial charge on any atom is -0.333 e. The molecule has 3 nitrogen and oxygen atoms in total. The van der Waals surface area contributed by atoms with E-state index < -0.39 is 11.7 Å². The van der Waals surface area contributed by atoms with Crippen molar-refractivity contribution in [2.75, 3.05) is 6.54 Å². The first kappa shape index (κ1) is 19.5. The smallest absolute Gasteiger partial charge is 0.333 e. The molecule has 1 aromatic heterocycles. The predicted octanol–water partition coefficient (Wildman–Crippen LogP) is 6.17. The Hall–Kier alpha value is -2.41. The van der Waals surface area contributed by atoms with Crippen LogP contribution in [0.4, 0.5) is 13.2 Å². The van der Waals surface area contributed by atoms with Crippen LogP contribution in [-0.2, 0) is 11.0 Å². The van der Waals surface area contributed by atoms with Crippen molar-refractivity contribution in [2.45, 2.75) is 43.8 Å². The number of hydrogen-bond acceptors (Lipinski definition) is 3. The van der Waals surface area contributed by atoms with Gasteiger partial charge in [-0.2, -0.15) is 13.2 Å². The minimum atomic E-state index is -4.34. The van der Waals surface area contributed by atoms with Crippen molar-refractivity contribution in [3.63, 3.8) is 0 Å². The van der Waals surface area contributed by atoms with E-state index in [4.69, 9.17) is 4.98 Å². The molecule has 156 valence electrons. The fraction of sp³-hybridized carbons (Fsp3) is 0.391. The molecule has 30 heavy (non-hydrogen) atoms. The molecule has 1 saturated carbocycles. The summed E-state index contributed by atoms with van der Waals surface area (Å²) in [6.45, 7) is 0.718. The van der Waals surface area contributed by atoms with Gasteiger partial charge in [-0.3, -0.25) is 4.79 Å². The van der Waals surface area contributed by atoms with E-state index in [1.807, 2.05) is 29.2 Å². The average Bonchev–Trinajstić information content (AvgIpc) is 3.43. The zero-order chi connectivity index (χ0) is 20.9. The van der Waals surface area contributed by atoms with E-state index >= 15 is 0 Å². The largest absolute Gasteiger partial charge is 0.416 e. The van der Waals surface area contributed by atoms with Crippen molar-refractivity contribution < 1.29 is 18.0 Å². The number of aromatic nitrogens is 1.